The summed E-state index contributed by atoms with van der Waals surface area (Å²) in [6.45, 7) is 14.7. The molecule has 3 aromatic heterocycles. The number of hydrogen-bond donors (Lipinski definition) is 1. The maximum atomic E-state index is 13.3. The van der Waals surface area contributed by atoms with Crippen LogP contribution in [0.2, 0.25) is 0 Å². The molecule has 39 heavy (non-hydrogen) atoms. The number of rotatable bonds is 5. The highest BCUT2D eigenvalue weighted by Crippen LogP contribution is 2.26. The van der Waals surface area contributed by atoms with Gasteiger partial charge in [-0.3, -0.25) is 9.48 Å². The van der Waals surface area contributed by atoms with Gasteiger partial charge in [0.05, 0.1) is 12.4 Å². The lowest BCUT2D eigenvalue weighted by atomic mass is 9.99. The van der Waals surface area contributed by atoms with Crippen LogP contribution in [0.25, 0.3) is 16.7 Å². The topological polar surface area (TPSA) is 112 Å². The summed E-state index contributed by atoms with van der Waals surface area (Å²) in [7, 11) is 0. The van der Waals surface area contributed by atoms with E-state index < -0.39 is 5.60 Å². The van der Waals surface area contributed by atoms with Crippen LogP contribution in [0, 0.1) is 0 Å². The molecule has 0 radical (unpaired) electrons. The number of carbonyl (C=O) groups excluding carboxylic acids is 1. The third kappa shape index (κ3) is 5.25. The first-order valence-electron chi connectivity index (χ1n) is 13.3. The molecule has 0 fully saturated rings. The quantitative estimate of drug-likeness (QED) is 0.386. The first kappa shape index (κ1) is 26.5. The standard InChI is InChI=1S/C28H36N8O3/c1-17(2)34-16-22(13-30-34)36-24-23(25(37)35(36)18(3)4)14-29-26(32-24)31-21-9-8-20-15-33(11-10-19(20)12-21)27(38)39-28(5,6)7/h8-9,12-14,16-18H,10-11,15H2,1-7H3,(H,29,31,32). The number of amides is 1. The molecule has 0 saturated heterocycles. The van der Waals surface area contributed by atoms with Crippen molar-refractivity contribution < 1.29 is 9.53 Å². The molecule has 1 aliphatic heterocycles. The average Bonchev–Trinajstić information content (AvgIpc) is 3.45. The minimum atomic E-state index is -0.525. The van der Waals surface area contributed by atoms with Gasteiger partial charge in [0.1, 0.15) is 16.7 Å². The van der Waals surface area contributed by atoms with E-state index in [2.05, 4.69) is 35.3 Å². The van der Waals surface area contributed by atoms with E-state index in [1.165, 1.54) is 0 Å². The molecule has 1 N–H and O–H groups in total. The third-order valence-corrected chi connectivity index (χ3v) is 6.60. The Morgan fingerprint density at radius 1 is 1.08 bits per heavy atom. The van der Waals surface area contributed by atoms with Crippen LogP contribution < -0.4 is 10.9 Å². The Morgan fingerprint density at radius 3 is 2.51 bits per heavy atom. The molecule has 0 spiro atoms. The molecule has 1 amide bonds. The maximum absolute atomic E-state index is 13.3. The van der Waals surface area contributed by atoms with Crippen molar-refractivity contribution in [2.45, 2.75) is 79.1 Å². The molecule has 0 aliphatic carbocycles. The summed E-state index contributed by atoms with van der Waals surface area (Å²) in [4.78, 5) is 36.7. The number of nitrogens with one attached hydrogen (secondary N) is 1. The highest BCUT2D eigenvalue weighted by molar-refractivity contribution is 5.77. The van der Waals surface area contributed by atoms with E-state index in [0.29, 0.717) is 30.1 Å². The molecule has 0 saturated carbocycles. The summed E-state index contributed by atoms with van der Waals surface area (Å²) in [5.41, 5.74) is 3.68. The first-order chi connectivity index (χ1) is 18.4. The van der Waals surface area contributed by atoms with Gasteiger partial charge in [-0.25, -0.2) is 19.1 Å². The van der Waals surface area contributed by atoms with Gasteiger partial charge in [-0.05, 0) is 78.1 Å². The number of carbonyl (C=O) groups is 1. The smallest absolute Gasteiger partial charge is 0.410 e. The van der Waals surface area contributed by atoms with Gasteiger partial charge >= 0.3 is 6.09 Å². The largest absolute Gasteiger partial charge is 0.444 e. The lowest BCUT2D eigenvalue weighted by molar-refractivity contribution is 0.0224. The second kappa shape index (κ2) is 9.87. The fraction of sp³-hybridized carbons (Fsp3) is 0.464. The van der Waals surface area contributed by atoms with E-state index in [9.17, 15) is 9.59 Å². The summed E-state index contributed by atoms with van der Waals surface area (Å²) in [5, 5.41) is 8.20. The van der Waals surface area contributed by atoms with E-state index in [-0.39, 0.29) is 23.7 Å². The summed E-state index contributed by atoms with van der Waals surface area (Å²) < 4.78 is 10.9. The number of benzene rings is 1. The van der Waals surface area contributed by atoms with Crippen molar-refractivity contribution in [1.29, 1.82) is 0 Å². The number of hydrogen-bond acceptors (Lipinski definition) is 7. The maximum Gasteiger partial charge on any atom is 0.410 e. The minimum Gasteiger partial charge on any atom is -0.444 e. The highest BCUT2D eigenvalue weighted by atomic mass is 16.6. The Morgan fingerprint density at radius 2 is 1.85 bits per heavy atom. The molecule has 4 heterocycles. The monoisotopic (exact) mass is 532 g/mol. The zero-order chi connectivity index (χ0) is 28.1. The first-order valence-corrected chi connectivity index (χ1v) is 13.3. The minimum absolute atomic E-state index is 0.0913. The molecular weight excluding hydrogens is 496 g/mol. The van der Waals surface area contributed by atoms with Gasteiger partial charge < -0.3 is 15.0 Å². The number of aromatic nitrogens is 6. The van der Waals surface area contributed by atoms with Gasteiger partial charge in [0.2, 0.25) is 5.95 Å². The van der Waals surface area contributed by atoms with E-state index in [0.717, 1.165) is 28.9 Å². The Hall–Kier alpha value is -4.15. The third-order valence-electron chi connectivity index (χ3n) is 6.60. The van der Waals surface area contributed by atoms with Crippen LogP contribution >= 0.6 is 0 Å². The van der Waals surface area contributed by atoms with Gasteiger partial charge in [0.25, 0.3) is 5.56 Å². The molecular formula is C28H36N8O3. The van der Waals surface area contributed by atoms with E-state index >= 15 is 0 Å². The van der Waals surface area contributed by atoms with Gasteiger partial charge in [0.15, 0.2) is 5.65 Å². The Labute approximate surface area is 227 Å². The fourth-order valence-corrected chi connectivity index (χ4v) is 4.74. The lowest BCUT2D eigenvalue weighted by Crippen LogP contribution is -2.39. The molecule has 5 rings (SSSR count). The van der Waals surface area contributed by atoms with Crippen LogP contribution in [0.4, 0.5) is 16.4 Å². The Balaban J connectivity index is 1.44. The number of ether oxygens (including phenoxy) is 1. The van der Waals surface area contributed by atoms with Crippen molar-refractivity contribution in [3.8, 4) is 5.69 Å². The summed E-state index contributed by atoms with van der Waals surface area (Å²) in [5.74, 6) is 0.388. The van der Waals surface area contributed by atoms with E-state index in [1.807, 2.05) is 62.3 Å². The molecule has 206 valence electrons. The fourth-order valence-electron chi connectivity index (χ4n) is 4.74. The average molecular weight is 533 g/mol. The van der Waals surface area contributed by atoms with Crippen molar-refractivity contribution in [1.82, 2.24) is 34.0 Å². The van der Waals surface area contributed by atoms with Crippen molar-refractivity contribution in [2.24, 2.45) is 0 Å². The van der Waals surface area contributed by atoms with E-state index in [1.54, 1.807) is 22.0 Å². The second-order valence-electron chi connectivity index (χ2n) is 11.5. The second-order valence-corrected chi connectivity index (χ2v) is 11.5. The van der Waals surface area contributed by atoms with Gasteiger partial charge in [-0.15, -0.1) is 0 Å². The van der Waals surface area contributed by atoms with Crippen molar-refractivity contribution in [3.63, 3.8) is 0 Å². The summed E-state index contributed by atoms with van der Waals surface area (Å²) in [6.07, 6.45) is 5.67. The molecule has 0 atom stereocenters. The van der Waals surface area contributed by atoms with Crippen molar-refractivity contribution in [3.05, 3.63) is 58.3 Å². The van der Waals surface area contributed by atoms with Crippen LogP contribution in [0.1, 0.15) is 71.7 Å². The molecule has 0 bridgehead atoms. The predicted octanol–water partition coefficient (Wildman–Crippen LogP) is 4.98. The van der Waals surface area contributed by atoms with Crippen LogP contribution in [0.15, 0.2) is 41.6 Å². The molecule has 1 aromatic carbocycles. The van der Waals surface area contributed by atoms with E-state index in [4.69, 9.17) is 9.72 Å². The SMILES string of the molecule is CC(C)n1cc(-n2c3nc(Nc4ccc5c(c4)CCN(C(=O)OC(C)(C)C)C5)ncc3c(=O)n2C(C)C)cn1. The number of nitrogens with zero attached hydrogens (tertiary/aromatic N) is 7. The van der Waals surface area contributed by atoms with Crippen LogP contribution in [0.5, 0.6) is 0 Å². The summed E-state index contributed by atoms with van der Waals surface area (Å²) in [6, 6.07) is 6.12. The van der Waals surface area contributed by atoms with Gasteiger partial charge in [-0.2, -0.15) is 10.1 Å². The van der Waals surface area contributed by atoms with Crippen LogP contribution in [-0.4, -0.2) is 52.3 Å². The molecule has 11 heteroatoms. The molecule has 11 nitrogen and oxygen atoms in total. The molecule has 1 aliphatic rings. The van der Waals surface area contributed by atoms with Gasteiger partial charge in [0, 0.05) is 37.1 Å². The zero-order valence-corrected chi connectivity index (χ0v) is 23.6. The van der Waals surface area contributed by atoms with Crippen LogP contribution in [-0.2, 0) is 17.7 Å². The highest BCUT2D eigenvalue weighted by Gasteiger charge is 2.26. The normalized spacial score (nSPS) is 13.8. The Kier molecular flexibility index (Phi) is 6.69. The lowest BCUT2D eigenvalue weighted by Gasteiger charge is -2.31. The Bertz CT molecular complexity index is 1590. The summed E-state index contributed by atoms with van der Waals surface area (Å²) >= 11 is 0. The number of anilines is 2. The van der Waals surface area contributed by atoms with Crippen LogP contribution in [0.3, 0.4) is 0 Å². The molecule has 0 unspecified atom stereocenters. The molecule has 4 aromatic rings. The van der Waals surface area contributed by atoms with Crippen molar-refractivity contribution in [2.75, 3.05) is 11.9 Å². The number of fused-ring (bicyclic) bond motifs is 2. The van der Waals surface area contributed by atoms with Crippen molar-refractivity contribution >= 4 is 28.8 Å². The zero-order valence-electron chi connectivity index (χ0n) is 23.6. The predicted molar refractivity (Wildman–Crippen MR) is 150 cm³/mol. The van der Waals surface area contributed by atoms with Gasteiger partial charge in [-0.1, -0.05) is 6.07 Å².